The lowest BCUT2D eigenvalue weighted by Crippen LogP contribution is -2.14. The molecule has 2 aromatic rings. The Morgan fingerprint density at radius 2 is 2.13 bits per heavy atom. The second-order valence-corrected chi connectivity index (χ2v) is 5.84. The van der Waals surface area contributed by atoms with Crippen molar-refractivity contribution >= 4 is 17.7 Å². The molecule has 1 aliphatic heterocycles. The molecule has 3 nitrogen and oxygen atoms in total. The number of nitrogens with one attached hydrogen (secondary N) is 2. The van der Waals surface area contributed by atoms with E-state index in [0.717, 1.165) is 31.4 Å². The highest BCUT2D eigenvalue weighted by Crippen LogP contribution is 2.26. The van der Waals surface area contributed by atoms with Gasteiger partial charge in [-0.05, 0) is 54.2 Å². The Hall–Kier alpha value is -2.36. The first-order chi connectivity index (χ1) is 11.3. The molecule has 0 amide bonds. The molecule has 23 heavy (non-hydrogen) atoms. The van der Waals surface area contributed by atoms with Crippen LogP contribution in [0.1, 0.15) is 29.5 Å². The van der Waals surface area contributed by atoms with Crippen molar-refractivity contribution in [3.05, 3.63) is 58.9 Å². The standard InChI is InChI=1S/C19H21FN2O/c20-18-12-16(9-8-14(18)5-3-11-23)22-13-15-4-1-7-19-17(15)6-2-10-21-19/h1,4,7-9,11-12,21-22H,2-3,5-6,10,13H2. The first kappa shape index (κ1) is 15.5. The number of hydrogen-bond donors (Lipinski definition) is 2. The molecule has 120 valence electrons. The largest absolute Gasteiger partial charge is 0.385 e. The van der Waals surface area contributed by atoms with Crippen LogP contribution in [0.5, 0.6) is 0 Å². The minimum absolute atomic E-state index is 0.256. The van der Waals surface area contributed by atoms with Crippen LogP contribution in [0.2, 0.25) is 0 Å². The number of anilines is 2. The van der Waals surface area contributed by atoms with Gasteiger partial charge in [-0.2, -0.15) is 0 Å². The number of rotatable bonds is 6. The van der Waals surface area contributed by atoms with Crippen LogP contribution in [0.4, 0.5) is 15.8 Å². The highest BCUT2D eigenvalue weighted by molar-refractivity contribution is 5.57. The van der Waals surface area contributed by atoms with Gasteiger partial charge >= 0.3 is 0 Å². The Morgan fingerprint density at radius 1 is 1.22 bits per heavy atom. The quantitative estimate of drug-likeness (QED) is 0.794. The van der Waals surface area contributed by atoms with E-state index in [1.807, 2.05) is 6.07 Å². The summed E-state index contributed by atoms with van der Waals surface area (Å²) < 4.78 is 14.0. The molecule has 0 spiro atoms. The number of benzene rings is 2. The molecule has 1 aliphatic rings. The Morgan fingerprint density at radius 3 is 2.96 bits per heavy atom. The third-order valence-corrected chi connectivity index (χ3v) is 4.26. The monoisotopic (exact) mass is 312 g/mol. The zero-order valence-electron chi connectivity index (χ0n) is 13.1. The van der Waals surface area contributed by atoms with Gasteiger partial charge in [-0.1, -0.05) is 18.2 Å². The second kappa shape index (κ2) is 7.27. The summed E-state index contributed by atoms with van der Waals surface area (Å²) >= 11 is 0. The Bertz CT molecular complexity index is 700. The van der Waals surface area contributed by atoms with E-state index in [1.165, 1.54) is 22.9 Å². The maximum atomic E-state index is 14.0. The topological polar surface area (TPSA) is 41.1 Å². The van der Waals surface area contributed by atoms with Gasteiger partial charge in [0.25, 0.3) is 0 Å². The molecule has 0 aliphatic carbocycles. The molecular formula is C19H21FN2O. The summed E-state index contributed by atoms with van der Waals surface area (Å²) in [5, 5.41) is 6.72. The van der Waals surface area contributed by atoms with Crippen LogP contribution >= 0.6 is 0 Å². The minimum atomic E-state index is -0.256. The molecule has 0 bridgehead atoms. The number of carbonyl (C=O) groups excluding carboxylic acids is 1. The van der Waals surface area contributed by atoms with Crippen LogP contribution in [0.3, 0.4) is 0 Å². The normalized spacial score (nSPS) is 13.1. The number of carbonyl (C=O) groups is 1. The number of aldehydes is 1. The van der Waals surface area contributed by atoms with Crippen molar-refractivity contribution < 1.29 is 9.18 Å². The van der Waals surface area contributed by atoms with Gasteiger partial charge in [-0.3, -0.25) is 0 Å². The highest BCUT2D eigenvalue weighted by atomic mass is 19.1. The van der Waals surface area contributed by atoms with Gasteiger partial charge in [-0.25, -0.2) is 4.39 Å². The lowest BCUT2D eigenvalue weighted by molar-refractivity contribution is -0.107. The molecule has 4 heteroatoms. The van der Waals surface area contributed by atoms with E-state index >= 15 is 0 Å². The maximum Gasteiger partial charge on any atom is 0.128 e. The van der Waals surface area contributed by atoms with Gasteiger partial charge in [0.05, 0.1) is 0 Å². The molecule has 0 radical (unpaired) electrons. The lowest BCUT2D eigenvalue weighted by atomic mass is 9.97. The molecule has 1 heterocycles. The van der Waals surface area contributed by atoms with Crippen molar-refractivity contribution in [3.63, 3.8) is 0 Å². The average molecular weight is 312 g/mol. The van der Waals surface area contributed by atoms with E-state index in [2.05, 4.69) is 28.8 Å². The fraction of sp³-hybridized carbons (Fsp3) is 0.316. The summed E-state index contributed by atoms with van der Waals surface area (Å²) in [6, 6.07) is 11.4. The van der Waals surface area contributed by atoms with Crippen molar-refractivity contribution in [1.82, 2.24) is 0 Å². The second-order valence-electron chi connectivity index (χ2n) is 5.84. The first-order valence-corrected chi connectivity index (χ1v) is 8.08. The van der Waals surface area contributed by atoms with Gasteiger partial charge < -0.3 is 15.4 Å². The minimum Gasteiger partial charge on any atom is -0.385 e. The Kier molecular flexibility index (Phi) is 4.91. The van der Waals surface area contributed by atoms with Crippen LogP contribution in [0.25, 0.3) is 0 Å². The summed E-state index contributed by atoms with van der Waals surface area (Å²) in [6.45, 7) is 1.70. The zero-order chi connectivity index (χ0) is 16.1. The molecule has 2 aromatic carbocycles. The Balaban J connectivity index is 1.69. The van der Waals surface area contributed by atoms with Crippen LogP contribution in [-0.2, 0) is 24.2 Å². The van der Waals surface area contributed by atoms with E-state index in [4.69, 9.17) is 0 Å². The third-order valence-electron chi connectivity index (χ3n) is 4.26. The highest BCUT2D eigenvalue weighted by Gasteiger charge is 2.12. The maximum absolute atomic E-state index is 14.0. The molecule has 3 rings (SSSR count). The van der Waals surface area contributed by atoms with Gasteiger partial charge in [0.2, 0.25) is 0 Å². The molecule has 0 fully saturated rings. The van der Waals surface area contributed by atoms with E-state index in [0.29, 0.717) is 24.9 Å². The molecule has 0 aromatic heterocycles. The zero-order valence-corrected chi connectivity index (χ0v) is 13.1. The average Bonchev–Trinajstić information content (AvgIpc) is 2.59. The van der Waals surface area contributed by atoms with E-state index in [9.17, 15) is 9.18 Å². The van der Waals surface area contributed by atoms with E-state index < -0.39 is 0 Å². The van der Waals surface area contributed by atoms with Crippen molar-refractivity contribution in [1.29, 1.82) is 0 Å². The predicted octanol–water partition coefficient (Wildman–Crippen LogP) is 3.93. The molecular weight excluding hydrogens is 291 g/mol. The summed E-state index contributed by atoms with van der Waals surface area (Å²) in [4.78, 5) is 10.4. The number of aryl methyl sites for hydroxylation is 1. The number of fused-ring (bicyclic) bond motifs is 1. The first-order valence-electron chi connectivity index (χ1n) is 8.08. The summed E-state index contributed by atoms with van der Waals surface area (Å²) in [6.07, 6.45) is 3.85. The smallest absolute Gasteiger partial charge is 0.128 e. The lowest BCUT2D eigenvalue weighted by Gasteiger charge is -2.21. The van der Waals surface area contributed by atoms with Crippen molar-refractivity contribution in [3.8, 4) is 0 Å². The summed E-state index contributed by atoms with van der Waals surface area (Å²) in [7, 11) is 0. The van der Waals surface area contributed by atoms with Crippen LogP contribution in [0.15, 0.2) is 36.4 Å². The predicted molar refractivity (Wildman–Crippen MR) is 91.4 cm³/mol. The molecule has 0 atom stereocenters. The fourth-order valence-electron chi connectivity index (χ4n) is 3.02. The Labute approximate surface area is 135 Å². The van der Waals surface area contributed by atoms with Gasteiger partial charge in [0.15, 0.2) is 0 Å². The number of halogens is 1. The van der Waals surface area contributed by atoms with Gasteiger partial charge in [0, 0.05) is 30.9 Å². The van der Waals surface area contributed by atoms with E-state index in [1.54, 1.807) is 6.07 Å². The van der Waals surface area contributed by atoms with Gasteiger partial charge in [-0.15, -0.1) is 0 Å². The van der Waals surface area contributed by atoms with Crippen molar-refractivity contribution in [2.45, 2.75) is 32.2 Å². The third kappa shape index (κ3) is 3.70. The number of hydrogen-bond acceptors (Lipinski definition) is 3. The molecule has 0 unspecified atom stereocenters. The van der Waals surface area contributed by atoms with Crippen LogP contribution < -0.4 is 10.6 Å². The molecule has 2 N–H and O–H groups in total. The summed E-state index contributed by atoms with van der Waals surface area (Å²) in [5.74, 6) is -0.256. The molecule has 0 saturated heterocycles. The van der Waals surface area contributed by atoms with Crippen LogP contribution in [-0.4, -0.2) is 12.8 Å². The van der Waals surface area contributed by atoms with Crippen molar-refractivity contribution in [2.24, 2.45) is 0 Å². The van der Waals surface area contributed by atoms with Crippen LogP contribution in [0, 0.1) is 5.82 Å². The van der Waals surface area contributed by atoms with Gasteiger partial charge in [0.1, 0.15) is 12.1 Å². The summed E-state index contributed by atoms with van der Waals surface area (Å²) in [5.41, 5.74) is 5.17. The van der Waals surface area contributed by atoms with Crippen molar-refractivity contribution in [2.75, 3.05) is 17.2 Å². The SMILES string of the molecule is O=CCCc1ccc(NCc2cccc3c2CCCN3)cc1F. The fourth-order valence-corrected chi connectivity index (χ4v) is 3.02. The molecule has 0 saturated carbocycles. The van der Waals surface area contributed by atoms with E-state index in [-0.39, 0.29) is 5.82 Å².